The lowest BCUT2D eigenvalue weighted by Gasteiger charge is -2.12. The van der Waals surface area contributed by atoms with E-state index in [1.54, 1.807) is 7.11 Å². The molecule has 0 aliphatic rings. The Morgan fingerprint density at radius 3 is 3.00 bits per heavy atom. The molecule has 1 atom stereocenters. The molecule has 0 heterocycles. The maximum Gasteiger partial charge on any atom is 0.119 e. The fraction of sp³-hybridized carbons (Fsp3) is 0.400. The molecular weight excluding hydrogens is 180 g/mol. The van der Waals surface area contributed by atoms with Crippen molar-refractivity contribution in [1.82, 2.24) is 5.48 Å². The summed E-state index contributed by atoms with van der Waals surface area (Å²) in [6, 6.07) is 7.55. The third-order valence-corrected chi connectivity index (χ3v) is 2.09. The van der Waals surface area contributed by atoms with Gasteiger partial charge in [-0.25, -0.2) is 5.48 Å². The van der Waals surface area contributed by atoms with Crippen molar-refractivity contribution in [3.05, 3.63) is 29.8 Å². The van der Waals surface area contributed by atoms with Gasteiger partial charge in [-0.2, -0.15) is 0 Å². The number of nitrogens with one attached hydrogen (secondary N) is 1. The maximum absolute atomic E-state index is 8.43. The first-order chi connectivity index (χ1) is 6.77. The standard InChI is InChI=1S/C10H16N2O2/c1-14-9-4-2-3-8(7-9)10(11)5-6-12-13/h2-4,7,10,12-13H,5-6,11H2,1H3. The van der Waals surface area contributed by atoms with E-state index in [-0.39, 0.29) is 6.04 Å². The van der Waals surface area contributed by atoms with E-state index in [0.29, 0.717) is 13.0 Å². The number of hydrogen-bond donors (Lipinski definition) is 3. The zero-order valence-corrected chi connectivity index (χ0v) is 8.23. The van der Waals surface area contributed by atoms with E-state index < -0.39 is 0 Å². The van der Waals surface area contributed by atoms with Crippen LogP contribution in [0.15, 0.2) is 24.3 Å². The minimum atomic E-state index is -0.0789. The number of benzene rings is 1. The first-order valence-corrected chi connectivity index (χ1v) is 4.54. The Morgan fingerprint density at radius 1 is 1.57 bits per heavy atom. The van der Waals surface area contributed by atoms with Gasteiger partial charge in [0.05, 0.1) is 7.11 Å². The largest absolute Gasteiger partial charge is 0.497 e. The number of ether oxygens (including phenoxy) is 1. The van der Waals surface area contributed by atoms with Crippen molar-refractivity contribution in [3.8, 4) is 5.75 Å². The van der Waals surface area contributed by atoms with Crippen LogP contribution in [0, 0.1) is 0 Å². The predicted molar refractivity (Wildman–Crippen MR) is 54.3 cm³/mol. The second-order valence-electron chi connectivity index (χ2n) is 3.08. The van der Waals surface area contributed by atoms with Gasteiger partial charge in [-0.3, -0.25) is 0 Å². The molecular formula is C10H16N2O2. The van der Waals surface area contributed by atoms with Crippen LogP contribution in [0.5, 0.6) is 5.75 Å². The van der Waals surface area contributed by atoms with E-state index in [4.69, 9.17) is 15.7 Å². The van der Waals surface area contributed by atoms with Crippen LogP contribution < -0.4 is 16.0 Å². The molecule has 1 aromatic carbocycles. The molecule has 0 saturated heterocycles. The van der Waals surface area contributed by atoms with E-state index in [0.717, 1.165) is 11.3 Å². The van der Waals surface area contributed by atoms with Crippen molar-refractivity contribution >= 4 is 0 Å². The highest BCUT2D eigenvalue weighted by atomic mass is 16.5. The van der Waals surface area contributed by atoms with Crippen molar-refractivity contribution in [1.29, 1.82) is 0 Å². The summed E-state index contributed by atoms with van der Waals surface area (Å²) in [5.74, 6) is 0.801. The van der Waals surface area contributed by atoms with Crippen LogP contribution in [-0.4, -0.2) is 18.9 Å². The van der Waals surface area contributed by atoms with Crippen LogP contribution in [0.1, 0.15) is 18.0 Å². The zero-order valence-electron chi connectivity index (χ0n) is 8.23. The summed E-state index contributed by atoms with van der Waals surface area (Å²) in [4.78, 5) is 0. The second-order valence-corrected chi connectivity index (χ2v) is 3.08. The van der Waals surface area contributed by atoms with Crippen LogP contribution in [-0.2, 0) is 0 Å². The first kappa shape index (κ1) is 11.0. The highest BCUT2D eigenvalue weighted by molar-refractivity contribution is 5.30. The van der Waals surface area contributed by atoms with Gasteiger partial charge in [-0.1, -0.05) is 12.1 Å². The molecule has 0 aromatic heterocycles. The molecule has 0 fully saturated rings. The molecule has 1 unspecified atom stereocenters. The molecule has 4 nitrogen and oxygen atoms in total. The molecule has 0 aliphatic heterocycles. The topological polar surface area (TPSA) is 67.5 Å². The fourth-order valence-electron chi connectivity index (χ4n) is 1.26. The average Bonchev–Trinajstić information content (AvgIpc) is 2.26. The zero-order chi connectivity index (χ0) is 10.4. The van der Waals surface area contributed by atoms with Gasteiger partial charge in [0.25, 0.3) is 0 Å². The maximum atomic E-state index is 8.43. The Labute approximate surface area is 83.6 Å². The van der Waals surface area contributed by atoms with Crippen LogP contribution in [0.25, 0.3) is 0 Å². The molecule has 0 spiro atoms. The van der Waals surface area contributed by atoms with Crippen molar-refractivity contribution in [2.24, 2.45) is 5.73 Å². The van der Waals surface area contributed by atoms with E-state index in [2.05, 4.69) is 5.48 Å². The number of rotatable bonds is 5. The molecule has 0 radical (unpaired) electrons. The van der Waals surface area contributed by atoms with Gasteiger partial charge in [-0.15, -0.1) is 0 Å². The first-order valence-electron chi connectivity index (χ1n) is 4.54. The number of hydroxylamine groups is 1. The Balaban J connectivity index is 2.64. The van der Waals surface area contributed by atoms with E-state index in [9.17, 15) is 0 Å². The summed E-state index contributed by atoms with van der Waals surface area (Å²) >= 11 is 0. The highest BCUT2D eigenvalue weighted by Crippen LogP contribution is 2.19. The van der Waals surface area contributed by atoms with Crippen molar-refractivity contribution in [3.63, 3.8) is 0 Å². The average molecular weight is 196 g/mol. The van der Waals surface area contributed by atoms with Gasteiger partial charge >= 0.3 is 0 Å². The minimum Gasteiger partial charge on any atom is -0.497 e. The van der Waals surface area contributed by atoms with Gasteiger partial charge in [-0.05, 0) is 24.1 Å². The van der Waals surface area contributed by atoms with Gasteiger partial charge in [0, 0.05) is 12.6 Å². The SMILES string of the molecule is COc1cccc(C(N)CCNO)c1. The van der Waals surface area contributed by atoms with E-state index >= 15 is 0 Å². The van der Waals surface area contributed by atoms with Crippen molar-refractivity contribution in [2.75, 3.05) is 13.7 Å². The summed E-state index contributed by atoms with van der Waals surface area (Å²) in [5, 5.41) is 8.43. The normalized spacial score (nSPS) is 12.5. The van der Waals surface area contributed by atoms with Gasteiger partial charge in [0.1, 0.15) is 5.75 Å². The van der Waals surface area contributed by atoms with Gasteiger partial charge < -0.3 is 15.7 Å². The molecule has 14 heavy (non-hydrogen) atoms. The van der Waals surface area contributed by atoms with Crippen LogP contribution >= 0.6 is 0 Å². The molecule has 0 amide bonds. The molecule has 0 aliphatic carbocycles. The minimum absolute atomic E-state index is 0.0789. The summed E-state index contributed by atoms with van der Waals surface area (Å²) in [7, 11) is 1.62. The van der Waals surface area contributed by atoms with Gasteiger partial charge in [0.15, 0.2) is 0 Å². The van der Waals surface area contributed by atoms with Crippen LogP contribution in [0.4, 0.5) is 0 Å². The smallest absolute Gasteiger partial charge is 0.119 e. The number of methoxy groups -OCH3 is 1. The third kappa shape index (κ3) is 2.99. The number of nitrogens with two attached hydrogens (primary N) is 1. The molecule has 0 saturated carbocycles. The van der Waals surface area contributed by atoms with Crippen LogP contribution in [0.2, 0.25) is 0 Å². The molecule has 0 bridgehead atoms. The van der Waals surface area contributed by atoms with Crippen LogP contribution in [0.3, 0.4) is 0 Å². The summed E-state index contributed by atoms with van der Waals surface area (Å²) in [6.07, 6.45) is 0.684. The lowest BCUT2D eigenvalue weighted by atomic mass is 10.0. The molecule has 1 rings (SSSR count). The molecule has 78 valence electrons. The van der Waals surface area contributed by atoms with E-state index in [1.807, 2.05) is 24.3 Å². The second kappa shape index (κ2) is 5.59. The summed E-state index contributed by atoms with van der Waals surface area (Å²) < 4.78 is 5.09. The Kier molecular flexibility index (Phi) is 4.39. The Bertz CT molecular complexity index is 279. The summed E-state index contributed by atoms with van der Waals surface area (Å²) in [5.41, 5.74) is 9.00. The third-order valence-electron chi connectivity index (χ3n) is 2.09. The quantitative estimate of drug-likeness (QED) is 0.616. The Hall–Kier alpha value is -1.10. The summed E-state index contributed by atoms with van der Waals surface area (Å²) in [6.45, 7) is 0.485. The lowest BCUT2D eigenvalue weighted by molar-refractivity contribution is 0.163. The molecule has 1 aromatic rings. The molecule has 4 N–H and O–H groups in total. The number of hydrogen-bond acceptors (Lipinski definition) is 4. The Morgan fingerprint density at radius 2 is 2.36 bits per heavy atom. The van der Waals surface area contributed by atoms with Gasteiger partial charge in [0.2, 0.25) is 0 Å². The lowest BCUT2D eigenvalue weighted by Crippen LogP contribution is -2.18. The van der Waals surface area contributed by atoms with Crippen molar-refractivity contribution < 1.29 is 9.94 Å². The molecule has 4 heteroatoms. The van der Waals surface area contributed by atoms with E-state index in [1.165, 1.54) is 0 Å². The highest BCUT2D eigenvalue weighted by Gasteiger charge is 2.05. The fourth-order valence-corrected chi connectivity index (χ4v) is 1.26. The predicted octanol–water partition coefficient (Wildman–Crippen LogP) is 1.06. The van der Waals surface area contributed by atoms with Crippen molar-refractivity contribution in [2.45, 2.75) is 12.5 Å². The monoisotopic (exact) mass is 196 g/mol.